The van der Waals surface area contributed by atoms with Crippen LogP contribution in [0.4, 0.5) is 0 Å². The van der Waals surface area contributed by atoms with Crippen LogP contribution >= 0.6 is 0 Å². The minimum absolute atomic E-state index is 0.0614. The first-order valence-electron chi connectivity index (χ1n) is 2.96. The van der Waals surface area contributed by atoms with E-state index in [4.69, 9.17) is 15.5 Å². The molecule has 0 amide bonds. The molecule has 5 heteroatoms. The number of nitrogens with zero attached hydrogens (tertiary/aromatic N) is 1. The Hall–Kier alpha value is -0.650. The number of carboxylic acids is 1. The summed E-state index contributed by atoms with van der Waals surface area (Å²) in [6.07, 6.45) is 0.128. The molecule has 0 rings (SSSR count). The Balaban J connectivity index is 3.71. The van der Waals surface area contributed by atoms with Crippen molar-refractivity contribution in [3.8, 4) is 0 Å². The van der Waals surface area contributed by atoms with E-state index in [-0.39, 0.29) is 11.6 Å². The molecular formula is C5H11NO4. The van der Waals surface area contributed by atoms with Gasteiger partial charge in [0.1, 0.15) is 0 Å². The molecule has 5 nitrogen and oxygen atoms in total. The maximum Gasteiger partial charge on any atom is 0.305 e. The lowest BCUT2D eigenvalue weighted by molar-refractivity contribution is -0.332. The number of hydrogen-bond acceptors (Lipinski definition) is 4. The second-order valence-electron chi connectivity index (χ2n) is 1.98. The van der Waals surface area contributed by atoms with Crippen molar-refractivity contribution in [2.75, 3.05) is 0 Å². The molecule has 0 aliphatic carbocycles. The van der Waals surface area contributed by atoms with Crippen molar-refractivity contribution < 1.29 is 20.3 Å². The highest BCUT2D eigenvalue weighted by molar-refractivity contribution is 5.67. The van der Waals surface area contributed by atoms with Gasteiger partial charge in [-0.1, -0.05) is 12.2 Å². The first-order chi connectivity index (χ1) is 4.57. The molecule has 60 valence electrons. The SMILES string of the molecule is CCC(CC(=O)O)N(O)O. The minimum Gasteiger partial charge on any atom is -0.481 e. The maximum absolute atomic E-state index is 10.0. The molecule has 1 atom stereocenters. The Morgan fingerprint density at radius 1 is 1.60 bits per heavy atom. The van der Waals surface area contributed by atoms with Crippen LogP contribution in [0.1, 0.15) is 19.8 Å². The summed E-state index contributed by atoms with van der Waals surface area (Å²) in [5.74, 6) is -1.04. The predicted octanol–water partition coefficient (Wildman–Crippen LogP) is 0.320. The molecule has 3 N–H and O–H groups in total. The van der Waals surface area contributed by atoms with E-state index in [1.54, 1.807) is 6.92 Å². The fourth-order valence-corrected chi connectivity index (χ4v) is 0.591. The van der Waals surface area contributed by atoms with E-state index in [0.717, 1.165) is 0 Å². The topological polar surface area (TPSA) is 81.0 Å². The lowest BCUT2D eigenvalue weighted by atomic mass is 10.2. The van der Waals surface area contributed by atoms with Gasteiger partial charge < -0.3 is 5.11 Å². The highest BCUT2D eigenvalue weighted by Crippen LogP contribution is 2.02. The number of rotatable bonds is 4. The number of carboxylic acid groups (broad SMARTS) is 1. The second-order valence-corrected chi connectivity index (χ2v) is 1.98. The molecule has 0 fully saturated rings. The Labute approximate surface area is 58.4 Å². The van der Waals surface area contributed by atoms with Crippen molar-refractivity contribution in [1.29, 1.82) is 0 Å². The van der Waals surface area contributed by atoms with Gasteiger partial charge in [-0.25, -0.2) is 0 Å². The molecule has 0 saturated carbocycles. The number of carbonyl (C=O) groups is 1. The molecule has 1 unspecified atom stereocenters. The van der Waals surface area contributed by atoms with E-state index in [1.807, 2.05) is 0 Å². The molecule has 0 aromatic carbocycles. The van der Waals surface area contributed by atoms with Crippen LogP contribution in [0.25, 0.3) is 0 Å². The van der Waals surface area contributed by atoms with Crippen LogP contribution in [-0.4, -0.2) is 32.8 Å². The Morgan fingerprint density at radius 2 is 2.10 bits per heavy atom. The molecule has 0 saturated heterocycles. The van der Waals surface area contributed by atoms with Gasteiger partial charge in [0.05, 0.1) is 12.5 Å². The highest BCUT2D eigenvalue weighted by atomic mass is 16.8. The average molecular weight is 149 g/mol. The first kappa shape index (κ1) is 9.35. The van der Waals surface area contributed by atoms with E-state index in [9.17, 15) is 4.79 Å². The Morgan fingerprint density at radius 3 is 2.20 bits per heavy atom. The van der Waals surface area contributed by atoms with E-state index < -0.39 is 12.0 Å². The van der Waals surface area contributed by atoms with Gasteiger partial charge in [0.25, 0.3) is 0 Å². The average Bonchev–Trinajstić information content (AvgIpc) is 1.81. The van der Waals surface area contributed by atoms with Crippen LogP contribution in [0.5, 0.6) is 0 Å². The van der Waals surface area contributed by atoms with E-state index in [0.29, 0.717) is 6.42 Å². The van der Waals surface area contributed by atoms with Crippen molar-refractivity contribution in [3.63, 3.8) is 0 Å². The number of hydroxylamine groups is 2. The molecule has 10 heavy (non-hydrogen) atoms. The highest BCUT2D eigenvalue weighted by Gasteiger charge is 2.15. The van der Waals surface area contributed by atoms with Crippen molar-refractivity contribution in [1.82, 2.24) is 5.23 Å². The maximum atomic E-state index is 10.0. The summed E-state index contributed by atoms with van der Waals surface area (Å²) in [7, 11) is 0. The van der Waals surface area contributed by atoms with Crippen LogP contribution < -0.4 is 0 Å². The number of aliphatic carboxylic acids is 1. The molecule has 0 radical (unpaired) electrons. The van der Waals surface area contributed by atoms with Gasteiger partial charge in [-0.05, 0) is 6.42 Å². The third kappa shape index (κ3) is 3.39. The second kappa shape index (κ2) is 4.21. The normalized spacial score (nSPS) is 13.6. The molecule has 0 aromatic rings. The van der Waals surface area contributed by atoms with Crippen molar-refractivity contribution in [2.24, 2.45) is 0 Å². The Bertz CT molecular complexity index is 114. The molecule has 0 spiro atoms. The zero-order valence-electron chi connectivity index (χ0n) is 5.69. The summed E-state index contributed by atoms with van der Waals surface area (Å²) in [6, 6.07) is -0.711. The van der Waals surface area contributed by atoms with Crippen LogP contribution in [0.2, 0.25) is 0 Å². The minimum atomic E-state index is -1.04. The van der Waals surface area contributed by atoms with Gasteiger partial charge in [0.15, 0.2) is 0 Å². The summed E-state index contributed by atoms with van der Waals surface area (Å²) in [6.45, 7) is 1.67. The molecule has 0 aliphatic heterocycles. The summed E-state index contributed by atoms with van der Waals surface area (Å²) < 4.78 is 0. The van der Waals surface area contributed by atoms with Crippen LogP contribution in [0.15, 0.2) is 0 Å². The smallest absolute Gasteiger partial charge is 0.305 e. The summed E-state index contributed by atoms with van der Waals surface area (Å²) >= 11 is 0. The van der Waals surface area contributed by atoms with Crippen LogP contribution in [0.3, 0.4) is 0 Å². The van der Waals surface area contributed by atoms with Crippen molar-refractivity contribution in [2.45, 2.75) is 25.8 Å². The van der Waals surface area contributed by atoms with Crippen LogP contribution in [-0.2, 0) is 4.79 Å². The summed E-state index contributed by atoms with van der Waals surface area (Å²) in [5, 5.41) is 24.9. The largest absolute Gasteiger partial charge is 0.481 e. The van der Waals surface area contributed by atoms with E-state index in [2.05, 4.69) is 0 Å². The standard InChI is InChI=1S/C5H11NO4/c1-2-4(6(9)10)3-5(7)8/h4,9-10H,2-3H2,1H3,(H,7,8). The van der Waals surface area contributed by atoms with Crippen LogP contribution in [0, 0.1) is 0 Å². The monoisotopic (exact) mass is 149 g/mol. The molecule has 0 heterocycles. The molecule has 0 aliphatic rings. The fraction of sp³-hybridized carbons (Fsp3) is 0.800. The van der Waals surface area contributed by atoms with Crippen molar-refractivity contribution >= 4 is 5.97 Å². The third-order valence-electron chi connectivity index (χ3n) is 1.21. The lowest BCUT2D eigenvalue weighted by Gasteiger charge is -2.15. The predicted molar refractivity (Wildman–Crippen MR) is 31.7 cm³/mol. The van der Waals surface area contributed by atoms with Crippen molar-refractivity contribution in [3.05, 3.63) is 0 Å². The lowest BCUT2D eigenvalue weighted by Crippen LogP contribution is -2.30. The summed E-state index contributed by atoms with van der Waals surface area (Å²) in [4.78, 5) is 10.0. The van der Waals surface area contributed by atoms with Gasteiger partial charge in [-0.2, -0.15) is 0 Å². The van der Waals surface area contributed by atoms with E-state index in [1.165, 1.54) is 0 Å². The zero-order chi connectivity index (χ0) is 8.15. The molecular weight excluding hydrogens is 138 g/mol. The zero-order valence-corrected chi connectivity index (χ0v) is 5.69. The van der Waals surface area contributed by atoms with Gasteiger partial charge in [-0.3, -0.25) is 15.2 Å². The number of hydrogen-bond donors (Lipinski definition) is 3. The van der Waals surface area contributed by atoms with Gasteiger partial charge in [-0.15, -0.1) is 0 Å². The first-order valence-corrected chi connectivity index (χ1v) is 2.96. The third-order valence-corrected chi connectivity index (χ3v) is 1.21. The van der Waals surface area contributed by atoms with Gasteiger partial charge in [0, 0.05) is 0 Å². The fourth-order valence-electron chi connectivity index (χ4n) is 0.591. The van der Waals surface area contributed by atoms with Gasteiger partial charge >= 0.3 is 5.97 Å². The molecule has 0 aromatic heterocycles. The van der Waals surface area contributed by atoms with E-state index >= 15 is 0 Å². The Kier molecular flexibility index (Phi) is 3.94. The van der Waals surface area contributed by atoms with Gasteiger partial charge in [0.2, 0.25) is 0 Å². The quantitative estimate of drug-likeness (QED) is 0.501. The summed E-state index contributed by atoms with van der Waals surface area (Å²) in [5.41, 5.74) is 0. The molecule has 0 bridgehead atoms.